The van der Waals surface area contributed by atoms with Crippen LogP contribution in [0.2, 0.25) is 0 Å². The van der Waals surface area contributed by atoms with Crippen molar-refractivity contribution in [3.05, 3.63) is 0 Å². The number of hydrogen-bond acceptors (Lipinski definition) is 2. The monoisotopic (exact) mass is 232 g/mol. The molecule has 0 amide bonds. The van der Waals surface area contributed by atoms with Crippen molar-refractivity contribution >= 4 is 25.4 Å². The summed E-state index contributed by atoms with van der Waals surface area (Å²) < 4.78 is 1.17. The molecule has 0 rings (SSSR count). The average molecular weight is 230 g/mol. The zero-order valence-corrected chi connectivity index (χ0v) is 6.96. The molecule has 0 aliphatic heterocycles. The molecule has 0 saturated carbocycles. The molecule has 0 fully saturated rings. The van der Waals surface area contributed by atoms with E-state index in [1.54, 1.807) is 0 Å². The second-order valence-electron chi connectivity index (χ2n) is 1.49. The molecule has 0 bridgehead atoms. The molecule has 0 saturated heterocycles. The van der Waals surface area contributed by atoms with Crippen LogP contribution in [0, 0.1) is 0 Å². The summed E-state index contributed by atoms with van der Waals surface area (Å²) in [6, 6.07) is 0. The third-order valence-electron chi connectivity index (χ3n) is 0.781. The Kier molecular flexibility index (Phi) is 6.13. The van der Waals surface area contributed by atoms with Gasteiger partial charge in [-0.05, 0) is 0 Å². The summed E-state index contributed by atoms with van der Waals surface area (Å²) in [4.78, 5) is 0. The summed E-state index contributed by atoms with van der Waals surface area (Å²) in [6.07, 6.45) is 1.45. The first-order valence-electron chi connectivity index (χ1n) is 2.54. The summed E-state index contributed by atoms with van der Waals surface area (Å²) in [5.74, 6) is 0. The number of aliphatic hydroxyl groups is 2. The standard InChI is InChI=1S/C5H10O2Te/c6-3-1-5(8)2-4-7/h6-7H,1-4H2. The van der Waals surface area contributed by atoms with Crippen LogP contribution in [0.15, 0.2) is 0 Å². The van der Waals surface area contributed by atoms with Gasteiger partial charge in [-0.15, -0.1) is 0 Å². The Labute approximate surface area is 61.9 Å². The van der Waals surface area contributed by atoms with Crippen molar-refractivity contribution in [2.45, 2.75) is 12.8 Å². The van der Waals surface area contributed by atoms with Gasteiger partial charge in [-0.25, -0.2) is 0 Å². The van der Waals surface area contributed by atoms with Crippen LogP contribution in [0.4, 0.5) is 0 Å². The third-order valence-corrected chi connectivity index (χ3v) is 1.95. The van der Waals surface area contributed by atoms with E-state index in [-0.39, 0.29) is 13.2 Å². The summed E-state index contributed by atoms with van der Waals surface area (Å²) in [5.41, 5.74) is 0. The first-order chi connectivity index (χ1) is 3.81. The Bertz CT molecular complexity index is 64.8. The van der Waals surface area contributed by atoms with Gasteiger partial charge in [-0.2, -0.15) is 0 Å². The zero-order chi connectivity index (χ0) is 6.41. The van der Waals surface area contributed by atoms with Crippen LogP contribution in [0.25, 0.3) is 0 Å². The fourth-order valence-corrected chi connectivity index (χ4v) is 0.895. The van der Waals surface area contributed by atoms with Crippen molar-refractivity contribution in [3.63, 3.8) is 0 Å². The quantitative estimate of drug-likeness (QED) is 0.613. The van der Waals surface area contributed by atoms with Crippen LogP contribution >= 0.6 is 0 Å². The summed E-state index contributed by atoms with van der Waals surface area (Å²) >= 11 is 1.87. The molecule has 0 aromatic rings. The van der Waals surface area contributed by atoms with Crippen molar-refractivity contribution in [2.24, 2.45) is 0 Å². The molecule has 0 aliphatic rings. The Hall–Kier alpha value is 0.580. The maximum absolute atomic E-state index is 8.36. The molecule has 0 aromatic carbocycles. The Morgan fingerprint density at radius 1 is 1.12 bits per heavy atom. The van der Waals surface area contributed by atoms with Crippen LogP contribution in [0.3, 0.4) is 0 Å². The molecule has 0 unspecified atom stereocenters. The first-order valence-corrected chi connectivity index (χ1v) is 3.71. The second-order valence-corrected chi connectivity index (χ2v) is 3.13. The summed E-state index contributed by atoms with van der Waals surface area (Å²) in [7, 11) is 0. The van der Waals surface area contributed by atoms with Gasteiger partial charge in [0.1, 0.15) is 0 Å². The van der Waals surface area contributed by atoms with Crippen molar-refractivity contribution in [1.29, 1.82) is 0 Å². The van der Waals surface area contributed by atoms with Crippen LogP contribution in [-0.2, 0) is 0 Å². The molecular formula is C5H10O2Te. The normalized spacial score (nSPS) is 9.25. The molecule has 48 valence electrons. The Morgan fingerprint density at radius 3 is 1.75 bits per heavy atom. The zero-order valence-electron chi connectivity index (χ0n) is 4.63. The van der Waals surface area contributed by atoms with Gasteiger partial charge in [0, 0.05) is 0 Å². The molecule has 0 aromatic heterocycles. The summed E-state index contributed by atoms with van der Waals surface area (Å²) in [5, 5.41) is 16.7. The molecule has 0 aliphatic carbocycles. The Balaban J connectivity index is 3.06. The third kappa shape index (κ3) is 4.73. The van der Waals surface area contributed by atoms with Crippen molar-refractivity contribution in [2.75, 3.05) is 13.2 Å². The first kappa shape index (κ1) is 8.58. The van der Waals surface area contributed by atoms with E-state index in [1.165, 1.54) is 3.55 Å². The number of hydrogen-bond donors (Lipinski definition) is 2. The molecule has 0 spiro atoms. The van der Waals surface area contributed by atoms with E-state index in [9.17, 15) is 0 Å². The van der Waals surface area contributed by atoms with Crippen molar-refractivity contribution in [1.82, 2.24) is 0 Å². The van der Waals surface area contributed by atoms with Crippen molar-refractivity contribution in [3.8, 4) is 0 Å². The van der Waals surface area contributed by atoms with Crippen LogP contribution in [0.5, 0.6) is 0 Å². The van der Waals surface area contributed by atoms with Gasteiger partial charge in [-0.3, -0.25) is 0 Å². The maximum atomic E-state index is 8.36. The minimum atomic E-state index is 0.203. The van der Waals surface area contributed by atoms with Gasteiger partial charge in [0.15, 0.2) is 0 Å². The predicted molar refractivity (Wildman–Crippen MR) is 34.2 cm³/mol. The molecular weight excluding hydrogens is 220 g/mol. The van der Waals surface area contributed by atoms with Gasteiger partial charge in [0.25, 0.3) is 0 Å². The molecule has 3 heteroatoms. The van der Waals surface area contributed by atoms with Crippen LogP contribution in [-0.4, -0.2) is 48.8 Å². The van der Waals surface area contributed by atoms with Gasteiger partial charge in [0.2, 0.25) is 0 Å². The topological polar surface area (TPSA) is 40.5 Å². The van der Waals surface area contributed by atoms with E-state index in [4.69, 9.17) is 10.2 Å². The van der Waals surface area contributed by atoms with E-state index in [0.29, 0.717) is 0 Å². The minimum absolute atomic E-state index is 0.203. The van der Waals surface area contributed by atoms with Gasteiger partial charge in [0.05, 0.1) is 0 Å². The molecule has 0 radical (unpaired) electrons. The van der Waals surface area contributed by atoms with Crippen LogP contribution < -0.4 is 0 Å². The van der Waals surface area contributed by atoms with E-state index in [0.717, 1.165) is 12.8 Å². The van der Waals surface area contributed by atoms with E-state index in [1.807, 2.05) is 21.8 Å². The molecule has 2 nitrogen and oxygen atoms in total. The van der Waals surface area contributed by atoms with Crippen LogP contribution in [0.1, 0.15) is 12.8 Å². The van der Waals surface area contributed by atoms with Crippen molar-refractivity contribution < 1.29 is 10.2 Å². The average Bonchev–Trinajstić information content (AvgIpc) is 1.68. The Morgan fingerprint density at radius 2 is 1.50 bits per heavy atom. The molecule has 0 atom stereocenters. The second kappa shape index (κ2) is 5.71. The van der Waals surface area contributed by atoms with E-state index in [2.05, 4.69) is 0 Å². The SMILES string of the molecule is OCCC(=[Te])CCO. The molecule has 0 heterocycles. The van der Waals surface area contributed by atoms with E-state index >= 15 is 0 Å². The fourth-order valence-electron chi connectivity index (χ4n) is 0.374. The van der Waals surface area contributed by atoms with Gasteiger partial charge >= 0.3 is 61.6 Å². The van der Waals surface area contributed by atoms with Gasteiger partial charge in [-0.1, -0.05) is 0 Å². The number of aliphatic hydroxyl groups excluding tert-OH is 2. The van der Waals surface area contributed by atoms with E-state index < -0.39 is 0 Å². The molecule has 2 N–H and O–H groups in total. The predicted octanol–water partition coefficient (Wildman–Crippen LogP) is -0.908. The van der Waals surface area contributed by atoms with Gasteiger partial charge < -0.3 is 0 Å². The number of rotatable bonds is 4. The summed E-state index contributed by atoms with van der Waals surface area (Å²) in [6.45, 7) is 0.405. The fraction of sp³-hybridized carbons (Fsp3) is 0.800. The molecule has 8 heavy (non-hydrogen) atoms.